The summed E-state index contributed by atoms with van der Waals surface area (Å²) in [5.41, 5.74) is 0. The number of hydrogen-bond acceptors (Lipinski definition) is 5. The second-order valence-corrected chi connectivity index (χ2v) is 8.26. The average Bonchev–Trinajstić information content (AvgIpc) is 2.82. The third-order valence-corrected chi connectivity index (χ3v) is 6.72. The molecule has 1 aromatic heterocycles. The fraction of sp³-hybridized carbons (Fsp3) is 0.615. The van der Waals surface area contributed by atoms with Crippen LogP contribution in [0.3, 0.4) is 0 Å². The Balaban J connectivity index is 2.26. The van der Waals surface area contributed by atoms with Crippen LogP contribution in [-0.4, -0.2) is 63.3 Å². The molecule has 118 valence electrons. The molecule has 1 aliphatic rings. The van der Waals surface area contributed by atoms with Crippen molar-refractivity contribution in [2.45, 2.75) is 18.7 Å². The van der Waals surface area contributed by atoms with Crippen molar-refractivity contribution < 1.29 is 13.2 Å². The first kappa shape index (κ1) is 16.4. The molecule has 6 nitrogen and oxygen atoms in total. The number of sulfonamides is 1. The lowest BCUT2D eigenvalue weighted by molar-refractivity contribution is 0.0959. The lowest BCUT2D eigenvalue weighted by Crippen LogP contribution is -2.47. The van der Waals surface area contributed by atoms with Crippen LogP contribution in [0.25, 0.3) is 0 Å². The van der Waals surface area contributed by atoms with Crippen LogP contribution in [0.4, 0.5) is 0 Å². The lowest BCUT2D eigenvalue weighted by Gasteiger charge is -2.31. The van der Waals surface area contributed by atoms with E-state index in [0.717, 1.165) is 13.1 Å². The van der Waals surface area contributed by atoms with Gasteiger partial charge in [0.25, 0.3) is 5.91 Å². The topological polar surface area (TPSA) is 69.7 Å². The zero-order valence-electron chi connectivity index (χ0n) is 12.5. The monoisotopic (exact) mass is 331 g/mol. The van der Waals surface area contributed by atoms with Crippen LogP contribution in [0.2, 0.25) is 0 Å². The Morgan fingerprint density at radius 3 is 2.52 bits per heavy atom. The van der Waals surface area contributed by atoms with Crippen LogP contribution in [0.15, 0.2) is 11.0 Å². The lowest BCUT2D eigenvalue weighted by atomic mass is 10.4. The second-order valence-electron chi connectivity index (χ2n) is 5.10. The normalized spacial score (nSPS) is 17.9. The highest BCUT2D eigenvalue weighted by molar-refractivity contribution is 7.89. The summed E-state index contributed by atoms with van der Waals surface area (Å²) < 4.78 is 26.9. The van der Waals surface area contributed by atoms with Crippen molar-refractivity contribution in [2.24, 2.45) is 0 Å². The molecule has 1 fully saturated rings. The molecule has 0 aliphatic carbocycles. The molecule has 1 amide bonds. The summed E-state index contributed by atoms with van der Waals surface area (Å²) in [5.74, 6) is -0.217. The fourth-order valence-corrected chi connectivity index (χ4v) is 5.15. The average molecular weight is 331 g/mol. The number of carbonyl (C=O) groups excluding carboxylic acids is 1. The molecule has 0 radical (unpaired) electrons. The zero-order chi connectivity index (χ0) is 15.6. The van der Waals surface area contributed by atoms with Gasteiger partial charge in [-0.2, -0.15) is 4.31 Å². The zero-order valence-corrected chi connectivity index (χ0v) is 14.2. The summed E-state index contributed by atoms with van der Waals surface area (Å²) >= 11 is 1.23. The molecule has 0 bridgehead atoms. The number of nitrogens with one attached hydrogen (secondary N) is 1. The van der Waals surface area contributed by atoms with E-state index in [4.69, 9.17) is 0 Å². The number of rotatable bonds is 4. The summed E-state index contributed by atoms with van der Waals surface area (Å²) in [6, 6.07) is 1.50. The predicted molar refractivity (Wildman–Crippen MR) is 83.3 cm³/mol. The molecular formula is C13H21N3O3S2. The molecule has 0 atom stereocenters. The van der Waals surface area contributed by atoms with Crippen molar-refractivity contribution >= 4 is 27.3 Å². The molecule has 1 saturated heterocycles. The van der Waals surface area contributed by atoms with E-state index >= 15 is 0 Å². The van der Waals surface area contributed by atoms with E-state index in [9.17, 15) is 13.2 Å². The minimum Gasteiger partial charge on any atom is -0.352 e. The quantitative estimate of drug-likeness (QED) is 0.884. The molecule has 0 spiro atoms. The van der Waals surface area contributed by atoms with Crippen LogP contribution in [0.5, 0.6) is 0 Å². The SMILES string of the molecule is CCNC(=O)c1cc(S(=O)(=O)N2CCN(C)CC2)c(C)s1. The van der Waals surface area contributed by atoms with E-state index in [-0.39, 0.29) is 10.8 Å². The van der Waals surface area contributed by atoms with Crippen molar-refractivity contribution in [2.75, 3.05) is 39.8 Å². The minimum atomic E-state index is -3.51. The van der Waals surface area contributed by atoms with Gasteiger partial charge in [0.1, 0.15) is 0 Å². The van der Waals surface area contributed by atoms with Gasteiger partial charge in [0.2, 0.25) is 10.0 Å². The van der Waals surface area contributed by atoms with Gasteiger partial charge in [0.05, 0.1) is 9.77 Å². The summed E-state index contributed by atoms with van der Waals surface area (Å²) in [7, 11) is -1.53. The number of piperazine rings is 1. The Kier molecular flexibility index (Phi) is 5.03. The van der Waals surface area contributed by atoms with E-state index in [1.165, 1.54) is 21.7 Å². The van der Waals surface area contributed by atoms with Crippen LogP contribution in [0.1, 0.15) is 21.5 Å². The second kappa shape index (κ2) is 6.43. The van der Waals surface area contributed by atoms with Gasteiger partial charge in [-0.05, 0) is 27.0 Å². The van der Waals surface area contributed by atoms with E-state index in [0.29, 0.717) is 29.4 Å². The molecule has 2 heterocycles. The van der Waals surface area contributed by atoms with E-state index in [1.807, 2.05) is 14.0 Å². The van der Waals surface area contributed by atoms with Gasteiger partial charge < -0.3 is 10.2 Å². The van der Waals surface area contributed by atoms with Crippen LogP contribution in [-0.2, 0) is 10.0 Å². The Morgan fingerprint density at radius 1 is 1.33 bits per heavy atom. The molecule has 0 saturated carbocycles. The van der Waals surface area contributed by atoms with Crippen molar-refractivity contribution in [1.82, 2.24) is 14.5 Å². The molecule has 2 rings (SSSR count). The molecule has 8 heteroatoms. The smallest absolute Gasteiger partial charge is 0.261 e. The summed E-state index contributed by atoms with van der Waals surface area (Å²) in [6.45, 7) is 6.54. The Morgan fingerprint density at radius 2 is 1.95 bits per heavy atom. The summed E-state index contributed by atoms with van der Waals surface area (Å²) in [4.78, 5) is 15.3. The standard InChI is InChI=1S/C13H21N3O3S2/c1-4-14-13(17)11-9-12(10(2)20-11)21(18,19)16-7-5-15(3)6-8-16/h9H,4-8H2,1-3H3,(H,14,17). The number of hydrogen-bond donors (Lipinski definition) is 1. The number of aryl methyl sites for hydroxylation is 1. The minimum absolute atomic E-state index is 0.217. The number of likely N-dealkylation sites (N-methyl/N-ethyl adjacent to an activating group) is 1. The third kappa shape index (κ3) is 3.45. The van der Waals surface area contributed by atoms with E-state index in [1.54, 1.807) is 6.92 Å². The number of nitrogens with zero attached hydrogens (tertiary/aromatic N) is 2. The van der Waals surface area contributed by atoms with Crippen LogP contribution >= 0.6 is 11.3 Å². The van der Waals surface area contributed by atoms with Crippen molar-refractivity contribution in [3.05, 3.63) is 15.8 Å². The first-order chi connectivity index (χ1) is 9.86. The van der Waals surface area contributed by atoms with Crippen LogP contribution < -0.4 is 5.32 Å². The molecule has 0 unspecified atom stereocenters. The maximum Gasteiger partial charge on any atom is 0.261 e. The van der Waals surface area contributed by atoms with Gasteiger partial charge >= 0.3 is 0 Å². The number of thiophene rings is 1. The maximum atomic E-state index is 12.7. The van der Waals surface area contributed by atoms with Crippen LogP contribution in [0, 0.1) is 6.92 Å². The van der Waals surface area contributed by atoms with Gasteiger partial charge in [0.15, 0.2) is 0 Å². The van der Waals surface area contributed by atoms with Gasteiger partial charge in [-0.15, -0.1) is 11.3 Å². The van der Waals surface area contributed by atoms with Crippen molar-refractivity contribution in [3.63, 3.8) is 0 Å². The van der Waals surface area contributed by atoms with E-state index in [2.05, 4.69) is 10.2 Å². The maximum absolute atomic E-state index is 12.7. The van der Waals surface area contributed by atoms with Gasteiger partial charge in [0, 0.05) is 37.6 Å². The summed E-state index contributed by atoms with van der Waals surface area (Å²) in [5, 5.41) is 2.70. The highest BCUT2D eigenvalue weighted by Gasteiger charge is 2.30. The fourth-order valence-electron chi connectivity index (χ4n) is 2.25. The van der Waals surface area contributed by atoms with Gasteiger partial charge in [-0.3, -0.25) is 4.79 Å². The van der Waals surface area contributed by atoms with Gasteiger partial charge in [-0.25, -0.2) is 8.42 Å². The largest absolute Gasteiger partial charge is 0.352 e. The highest BCUT2D eigenvalue weighted by Crippen LogP contribution is 2.28. The Hall–Kier alpha value is -0.960. The third-order valence-electron chi connectivity index (χ3n) is 3.51. The first-order valence-electron chi connectivity index (χ1n) is 6.93. The first-order valence-corrected chi connectivity index (χ1v) is 9.19. The number of amides is 1. The Labute approximate surface area is 129 Å². The Bertz CT molecular complexity index is 617. The number of carbonyl (C=O) groups is 1. The molecule has 1 aliphatic heterocycles. The highest BCUT2D eigenvalue weighted by atomic mass is 32.2. The van der Waals surface area contributed by atoms with Gasteiger partial charge in [-0.1, -0.05) is 0 Å². The molecule has 21 heavy (non-hydrogen) atoms. The molecule has 1 N–H and O–H groups in total. The molecule has 1 aromatic rings. The summed E-state index contributed by atoms with van der Waals surface area (Å²) in [6.07, 6.45) is 0. The van der Waals surface area contributed by atoms with E-state index < -0.39 is 10.0 Å². The predicted octanol–water partition coefficient (Wildman–Crippen LogP) is 0.742. The van der Waals surface area contributed by atoms with Crippen molar-refractivity contribution in [1.29, 1.82) is 0 Å². The van der Waals surface area contributed by atoms with Crippen molar-refractivity contribution in [3.8, 4) is 0 Å². The molecular weight excluding hydrogens is 310 g/mol. The molecule has 0 aromatic carbocycles.